The second-order valence-corrected chi connectivity index (χ2v) is 7.53. The van der Waals surface area contributed by atoms with Crippen LogP contribution in [0, 0.1) is 31.0 Å². The van der Waals surface area contributed by atoms with Crippen molar-refractivity contribution in [2.45, 2.75) is 20.3 Å². The van der Waals surface area contributed by atoms with Gasteiger partial charge in [0, 0.05) is 10.7 Å². The minimum absolute atomic E-state index is 0.0429. The van der Waals surface area contributed by atoms with Crippen LogP contribution < -0.4 is 5.32 Å². The summed E-state index contributed by atoms with van der Waals surface area (Å²) in [6, 6.07) is 19.3. The van der Waals surface area contributed by atoms with Crippen LogP contribution in [0.4, 0.5) is 10.1 Å². The fraction of sp³-hybridized carbons (Fsp3) is 0.120. The molecule has 3 rings (SSSR count). The molecule has 0 spiro atoms. The number of carbonyl (C=O) groups is 1. The zero-order valence-corrected chi connectivity index (χ0v) is 17.4. The number of aryl methyl sites for hydroxylation is 2. The second-order valence-electron chi connectivity index (χ2n) is 7.09. The van der Waals surface area contributed by atoms with Gasteiger partial charge in [0.2, 0.25) is 0 Å². The Hall–Kier alpha value is -3.42. The molecular weight excluding hydrogens is 399 g/mol. The number of amides is 1. The minimum atomic E-state index is -0.497. The highest BCUT2D eigenvalue weighted by atomic mass is 35.5. The first-order valence-electron chi connectivity index (χ1n) is 9.39. The number of hydrogen-bond acceptors (Lipinski definition) is 2. The fourth-order valence-corrected chi connectivity index (χ4v) is 3.27. The number of anilines is 1. The zero-order valence-electron chi connectivity index (χ0n) is 16.7. The molecule has 0 aromatic heterocycles. The summed E-state index contributed by atoms with van der Waals surface area (Å²) in [4.78, 5) is 12.7. The average Bonchev–Trinajstić information content (AvgIpc) is 2.70. The Morgan fingerprint density at radius 2 is 1.93 bits per heavy atom. The maximum atomic E-state index is 13.5. The SMILES string of the molecule is Cc1ccc(C)c(NC(=O)/C(C#N)=C/c2cc(Cl)ccc2Cc2cccc(F)c2)c1. The van der Waals surface area contributed by atoms with Gasteiger partial charge in [-0.25, -0.2) is 4.39 Å². The third kappa shape index (κ3) is 5.34. The second kappa shape index (κ2) is 9.39. The number of halogens is 2. The smallest absolute Gasteiger partial charge is 0.266 e. The largest absolute Gasteiger partial charge is 0.321 e. The van der Waals surface area contributed by atoms with E-state index >= 15 is 0 Å². The number of nitriles is 1. The highest BCUT2D eigenvalue weighted by Crippen LogP contribution is 2.23. The van der Waals surface area contributed by atoms with Crippen LogP contribution >= 0.6 is 11.6 Å². The molecule has 0 heterocycles. The van der Waals surface area contributed by atoms with E-state index in [1.165, 1.54) is 18.2 Å². The molecule has 0 atom stereocenters. The summed E-state index contributed by atoms with van der Waals surface area (Å²) in [7, 11) is 0. The van der Waals surface area contributed by atoms with Gasteiger partial charge in [-0.05, 0) is 84.5 Å². The van der Waals surface area contributed by atoms with Gasteiger partial charge in [0.25, 0.3) is 5.91 Å². The van der Waals surface area contributed by atoms with Crippen molar-refractivity contribution >= 4 is 29.3 Å². The lowest BCUT2D eigenvalue weighted by atomic mass is 9.98. The third-order valence-electron chi connectivity index (χ3n) is 4.70. The van der Waals surface area contributed by atoms with E-state index in [1.807, 2.05) is 50.2 Å². The van der Waals surface area contributed by atoms with Crippen LogP contribution in [0.5, 0.6) is 0 Å². The van der Waals surface area contributed by atoms with Gasteiger partial charge >= 0.3 is 0 Å². The Labute approximate surface area is 180 Å². The van der Waals surface area contributed by atoms with Crippen LogP contribution in [-0.2, 0) is 11.2 Å². The molecule has 0 unspecified atom stereocenters. The quantitative estimate of drug-likeness (QED) is 0.394. The first kappa shape index (κ1) is 21.3. The van der Waals surface area contributed by atoms with Gasteiger partial charge in [-0.1, -0.05) is 41.9 Å². The molecule has 0 fully saturated rings. The first-order valence-corrected chi connectivity index (χ1v) is 9.77. The predicted octanol–water partition coefficient (Wildman–Crippen LogP) is 6.23. The highest BCUT2D eigenvalue weighted by molar-refractivity contribution is 6.30. The zero-order chi connectivity index (χ0) is 21.7. The van der Waals surface area contributed by atoms with Crippen molar-refractivity contribution in [3.05, 3.63) is 105 Å². The standard InChI is InChI=1S/C25H20ClFN2O/c1-16-6-7-17(2)24(10-16)29-25(30)21(15-28)13-20-14-22(26)9-8-19(20)11-18-4-3-5-23(27)12-18/h3-10,12-14H,11H2,1-2H3,(H,29,30)/b21-13+. The Kier molecular flexibility index (Phi) is 6.66. The van der Waals surface area contributed by atoms with Crippen molar-refractivity contribution < 1.29 is 9.18 Å². The molecule has 0 saturated carbocycles. The molecule has 3 nitrogen and oxygen atoms in total. The van der Waals surface area contributed by atoms with Crippen LogP contribution in [0.15, 0.2) is 66.2 Å². The van der Waals surface area contributed by atoms with Crippen LogP contribution in [0.3, 0.4) is 0 Å². The summed E-state index contributed by atoms with van der Waals surface area (Å²) in [6.07, 6.45) is 1.96. The lowest BCUT2D eigenvalue weighted by Gasteiger charge is -2.10. The number of hydrogen-bond donors (Lipinski definition) is 1. The van der Waals surface area contributed by atoms with E-state index in [4.69, 9.17) is 11.6 Å². The van der Waals surface area contributed by atoms with Crippen LogP contribution in [0.2, 0.25) is 5.02 Å². The minimum Gasteiger partial charge on any atom is -0.321 e. The maximum Gasteiger partial charge on any atom is 0.266 e. The van der Waals surface area contributed by atoms with Crippen molar-refractivity contribution in [2.24, 2.45) is 0 Å². The van der Waals surface area contributed by atoms with Gasteiger partial charge in [-0.3, -0.25) is 4.79 Å². The fourth-order valence-electron chi connectivity index (χ4n) is 3.09. The molecule has 3 aromatic rings. The Morgan fingerprint density at radius 3 is 2.67 bits per heavy atom. The molecule has 0 aliphatic carbocycles. The molecule has 5 heteroatoms. The Morgan fingerprint density at radius 1 is 1.13 bits per heavy atom. The summed E-state index contributed by atoms with van der Waals surface area (Å²) in [6.45, 7) is 3.82. The van der Waals surface area contributed by atoms with E-state index in [0.717, 1.165) is 22.3 Å². The Balaban J connectivity index is 1.93. The molecule has 0 bridgehead atoms. The van der Waals surface area contributed by atoms with Crippen molar-refractivity contribution in [1.29, 1.82) is 5.26 Å². The molecule has 150 valence electrons. The van der Waals surface area contributed by atoms with Crippen molar-refractivity contribution in [3.63, 3.8) is 0 Å². The van der Waals surface area contributed by atoms with E-state index in [1.54, 1.807) is 18.2 Å². The van der Waals surface area contributed by atoms with Gasteiger partial charge < -0.3 is 5.32 Å². The number of benzene rings is 3. The van der Waals surface area contributed by atoms with E-state index in [2.05, 4.69) is 5.32 Å². The molecular formula is C25H20ClFN2O. The predicted molar refractivity (Wildman–Crippen MR) is 119 cm³/mol. The molecule has 0 aliphatic rings. The van der Waals surface area contributed by atoms with Crippen molar-refractivity contribution in [1.82, 2.24) is 0 Å². The van der Waals surface area contributed by atoms with E-state index in [9.17, 15) is 14.4 Å². The molecule has 0 saturated heterocycles. The number of nitrogens with zero attached hydrogens (tertiary/aromatic N) is 1. The average molecular weight is 419 g/mol. The van der Waals surface area contributed by atoms with Gasteiger partial charge in [-0.2, -0.15) is 5.26 Å². The maximum absolute atomic E-state index is 13.5. The summed E-state index contributed by atoms with van der Waals surface area (Å²) < 4.78 is 13.5. The summed E-state index contributed by atoms with van der Waals surface area (Å²) in [5.41, 5.74) is 4.78. The monoisotopic (exact) mass is 418 g/mol. The van der Waals surface area contributed by atoms with Crippen molar-refractivity contribution in [3.8, 4) is 6.07 Å². The van der Waals surface area contributed by atoms with E-state index in [-0.39, 0.29) is 11.4 Å². The van der Waals surface area contributed by atoms with Gasteiger partial charge in [0.15, 0.2) is 0 Å². The molecule has 1 N–H and O–H groups in total. The molecule has 3 aromatic carbocycles. The molecule has 30 heavy (non-hydrogen) atoms. The summed E-state index contributed by atoms with van der Waals surface area (Å²) >= 11 is 6.15. The van der Waals surface area contributed by atoms with Crippen molar-refractivity contribution in [2.75, 3.05) is 5.32 Å². The van der Waals surface area contributed by atoms with Crippen LogP contribution in [0.25, 0.3) is 6.08 Å². The van der Waals surface area contributed by atoms with Crippen LogP contribution in [-0.4, -0.2) is 5.91 Å². The molecule has 0 aliphatic heterocycles. The third-order valence-corrected chi connectivity index (χ3v) is 4.93. The van der Waals surface area contributed by atoms with Gasteiger partial charge in [0.05, 0.1) is 0 Å². The summed E-state index contributed by atoms with van der Waals surface area (Å²) in [5, 5.41) is 12.9. The number of rotatable bonds is 5. The normalized spacial score (nSPS) is 11.1. The number of nitrogens with one attached hydrogen (secondary N) is 1. The first-order chi connectivity index (χ1) is 14.4. The van der Waals surface area contributed by atoms with Gasteiger partial charge in [0.1, 0.15) is 17.5 Å². The molecule has 0 radical (unpaired) electrons. The Bertz CT molecular complexity index is 1180. The van der Waals surface area contributed by atoms with Gasteiger partial charge in [-0.15, -0.1) is 0 Å². The van der Waals surface area contributed by atoms with Crippen LogP contribution in [0.1, 0.15) is 27.8 Å². The lowest BCUT2D eigenvalue weighted by Crippen LogP contribution is -2.14. The number of carbonyl (C=O) groups excluding carboxylic acids is 1. The van der Waals surface area contributed by atoms with E-state index < -0.39 is 5.91 Å². The summed E-state index contributed by atoms with van der Waals surface area (Å²) in [5.74, 6) is -0.813. The highest BCUT2D eigenvalue weighted by Gasteiger charge is 2.13. The lowest BCUT2D eigenvalue weighted by molar-refractivity contribution is -0.112. The van der Waals surface area contributed by atoms with E-state index in [0.29, 0.717) is 22.7 Å². The molecule has 1 amide bonds. The topological polar surface area (TPSA) is 52.9 Å².